The molecule has 2 aromatic heterocycles. The van der Waals surface area contributed by atoms with E-state index in [4.69, 9.17) is 10.5 Å². The van der Waals surface area contributed by atoms with Gasteiger partial charge in [0.2, 0.25) is 11.9 Å². The number of benzene rings is 1. The monoisotopic (exact) mass is 343 g/mol. The lowest BCUT2D eigenvalue weighted by Gasteiger charge is -2.11. The van der Waals surface area contributed by atoms with Gasteiger partial charge in [0.05, 0.1) is 11.1 Å². The molecule has 1 aromatic carbocycles. The van der Waals surface area contributed by atoms with Gasteiger partial charge in [0, 0.05) is 32.6 Å². The molecule has 25 heavy (non-hydrogen) atoms. The Bertz CT molecular complexity index is 948. The SMILES string of the molecule is CN(C)c1nc(N)nc(COC(=O)c2cc(F)cc3nccnc23)n1. The van der Waals surface area contributed by atoms with Crippen LogP contribution in [0, 0.1) is 5.82 Å². The fraction of sp³-hybridized carbons (Fsp3) is 0.200. The highest BCUT2D eigenvalue weighted by Crippen LogP contribution is 2.18. The Hall–Kier alpha value is -3.43. The molecule has 0 bridgehead atoms. The molecule has 128 valence electrons. The number of esters is 1. The number of hydrogen-bond acceptors (Lipinski definition) is 9. The van der Waals surface area contributed by atoms with Gasteiger partial charge in [-0.15, -0.1) is 0 Å². The molecule has 0 unspecified atom stereocenters. The standard InChI is InChI=1S/C15H14FN7O2/c1-23(2)15-21-11(20-14(17)22-15)7-25-13(24)9-5-8(16)6-10-12(9)19-4-3-18-10/h3-6H,7H2,1-2H3,(H2,17,20,21,22). The van der Waals surface area contributed by atoms with Crippen molar-refractivity contribution in [1.29, 1.82) is 0 Å². The molecule has 9 nitrogen and oxygen atoms in total. The van der Waals surface area contributed by atoms with Crippen molar-refractivity contribution < 1.29 is 13.9 Å². The third-order valence-corrected chi connectivity index (χ3v) is 3.18. The Kier molecular flexibility index (Phi) is 4.33. The Labute approximate surface area is 141 Å². The molecule has 0 saturated heterocycles. The van der Waals surface area contributed by atoms with Crippen LogP contribution < -0.4 is 10.6 Å². The van der Waals surface area contributed by atoms with Gasteiger partial charge < -0.3 is 15.4 Å². The highest BCUT2D eigenvalue weighted by molar-refractivity contribution is 6.01. The number of ether oxygens (including phenoxy) is 1. The Balaban J connectivity index is 1.84. The maximum Gasteiger partial charge on any atom is 0.340 e. The van der Waals surface area contributed by atoms with Gasteiger partial charge in [-0.2, -0.15) is 15.0 Å². The van der Waals surface area contributed by atoms with Gasteiger partial charge in [0.1, 0.15) is 11.3 Å². The molecular weight excluding hydrogens is 329 g/mol. The first kappa shape index (κ1) is 16.4. The van der Waals surface area contributed by atoms with Crippen LogP contribution in [0.5, 0.6) is 0 Å². The van der Waals surface area contributed by atoms with Crippen molar-refractivity contribution >= 4 is 28.9 Å². The lowest BCUT2D eigenvalue weighted by molar-refractivity contribution is 0.0463. The second-order valence-corrected chi connectivity index (χ2v) is 5.26. The molecule has 0 spiro atoms. The molecule has 0 saturated carbocycles. The van der Waals surface area contributed by atoms with E-state index in [1.165, 1.54) is 18.5 Å². The number of halogens is 1. The van der Waals surface area contributed by atoms with E-state index in [1.54, 1.807) is 19.0 Å². The summed E-state index contributed by atoms with van der Waals surface area (Å²) in [6, 6.07) is 2.24. The topological polar surface area (TPSA) is 120 Å². The van der Waals surface area contributed by atoms with Crippen LogP contribution in [0.1, 0.15) is 16.2 Å². The van der Waals surface area contributed by atoms with E-state index < -0.39 is 11.8 Å². The summed E-state index contributed by atoms with van der Waals surface area (Å²) in [5, 5.41) is 0. The van der Waals surface area contributed by atoms with Crippen molar-refractivity contribution in [1.82, 2.24) is 24.9 Å². The first-order valence-electron chi connectivity index (χ1n) is 7.19. The molecule has 0 aliphatic heterocycles. The summed E-state index contributed by atoms with van der Waals surface area (Å²) in [5.41, 5.74) is 6.09. The number of fused-ring (bicyclic) bond motifs is 1. The van der Waals surface area contributed by atoms with E-state index >= 15 is 0 Å². The molecule has 0 fully saturated rings. The van der Waals surface area contributed by atoms with Gasteiger partial charge in [0.25, 0.3) is 0 Å². The quantitative estimate of drug-likeness (QED) is 0.690. The second-order valence-electron chi connectivity index (χ2n) is 5.26. The van der Waals surface area contributed by atoms with E-state index in [9.17, 15) is 9.18 Å². The van der Waals surface area contributed by atoms with Crippen LogP contribution in [0.25, 0.3) is 11.0 Å². The molecule has 0 aliphatic rings. The largest absolute Gasteiger partial charge is 0.454 e. The molecule has 10 heteroatoms. The van der Waals surface area contributed by atoms with Crippen molar-refractivity contribution in [2.75, 3.05) is 24.7 Å². The van der Waals surface area contributed by atoms with Gasteiger partial charge in [-0.3, -0.25) is 9.97 Å². The second kappa shape index (κ2) is 6.59. The number of carbonyl (C=O) groups excluding carboxylic acids is 1. The lowest BCUT2D eigenvalue weighted by atomic mass is 10.1. The minimum atomic E-state index is -0.768. The predicted octanol–water partition coefficient (Wildman–Crippen LogP) is 0.959. The van der Waals surface area contributed by atoms with E-state index in [0.717, 1.165) is 6.07 Å². The fourth-order valence-corrected chi connectivity index (χ4v) is 2.09. The number of anilines is 2. The summed E-state index contributed by atoms with van der Waals surface area (Å²) in [6.07, 6.45) is 2.82. The van der Waals surface area contributed by atoms with Crippen molar-refractivity contribution in [3.05, 3.63) is 41.7 Å². The van der Waals surface area contributed by atoms with Crippen LogP contribution in [0.2, 0.25) is 0 Å². The van der Waals surface area contributed by atoms with Crippen molar-refractivity contribution in [2.45, 2.75) is 6.61 Å². The predicted molar refractivity (Wildman–Crippen MR) is 87.2 cm³/mol. The van der Waals surface area contributed by atoms with Gasteiger partial charge in [-0.25, -0.2) is 9.18 Å². The molecule has 2 N–H and O–H groups in total. The van der Waals surface area contributed by atoms with E-state index in [1.807, 2.05) is 0 Å². The minimum Gasteiger partial charge on any atom is -0.454 e. The Morgan fingerprint density at radius 2 is 1.96 bits per heavy atom. The number of carbonyl (C=O) groups is 1. The number of rotatable bonds is 4. The number of nitrogen functional groups attached to an aromatic ring is 1. The van der Waals surface area contributed by atoms with Gasteiger partial charge in [-0.1, -0.05) is 0 Å². The van der Waals surface area contributed by atoms with Crippen molar-refractivity contribution in [2.24, 2.45) is 0 Å². The smallest absolute Gasteiger partial charge is 0.340 e. The number of nitrogens with zero attached hydrogens (tertiary/aromatic N) is 6. The highest BCUT2D eigenvalue weighted by atomic mass is 19.1. The van der Waals surface area contributed by atoms with E-state index in [-0.39, 0.29) is 35.0 Å². The van der Waals surface area contributed by atoms with Crippen LogP contribution in [0.3, 0.4) is 0 Å². The summed E-state index contributed by atoms with van der Waals surface area (Å²) in [4.78, 5) is 34.0. The minimum absolute atomic E-state index is 0.00632. The first-order chi connectivity index (χ1) is 11.9. The first-order valence-corrected chi connectivity index (χ1v) is 7.19. The number of hydrogen-bond donors (Lipinski definition) is 1. The zero-order valence-electron chi connectivity index (χ0n) is 13.5. The molecule has 0 aliphatic carbocycles. The van der Waals surface area contributed by atoms with Crippen LogP contribution in [0.15, 0.2) is 24.5 Å². The van der Waals surface area contributed by atoms with E-state index in [2.05, 4.69) is 24.9 Å². The summed E-state index contributed by atoms with van der Waals surface area (Å²) in [5.74, 6) is -0.863. The number of aromatic nitrogens is 5. The summed E-state index contributed by atoms with van der Waals surface area (Å²) < 4.78 is 18.9. The average molecular weight is 343 g/mol. The van der Waals surface area contributed by atoms with E-state index in [0.29, 0.717) is 5.95 Å². The third-order valence-electron chi connectivity index (χ3n) is 3.18. The van der Waals surface area contributed by atoms with Crippen LogP contribution in [0.4, 0.5) is 16.3 Å². The molecule has 3 rings (SSSR count). The van der Waals surface area contributed by atoms with Crippen LogP contribution >= 0.6 is 0 Å². The van der Waals surface area contributed by atoms with Gasteiger partial charge >= 0.3 is 5.97 Å². The molecule has 0 radical (unpaired) electrons. The van der Waals surface area contributed by atoms with Crippen LogP contribution in [-0.2, 0) is 11.3 Å². The van der Waals surface area contributed by atoms with Crippen molar-refractivity contribution in [3.8, 4) is 0 Å². The number of nitrogens with two attached hydrogens (primary N) is 1. The molecule has 0 atom stereocenters. The maximum absolute atomic E-state index is 13.7. The molecular formula is C15H14FN7O2. The average Bonchev–Trinajstić information content (AvgIpc) is 2.58. The Morgan fingerprint density at radius 1 is 1.20 bits per heavy atom. The molecule has 2 heterocycles. The zero-order chi connectivity index (χ0) is 18.0. The van der Waals surface area contributed by atoms with Gasteiger partial charge in [-0.05, 0) is 6.07 Å². The Morgan fingerprint density at radius 3 is 2.72 bits per heavy atom. The van der Waals surface area contributed by atoms with Crippen LogP contribution in [-0.4, -0.2) is 45.0 Å². The lowest BCUT2D eigenvalue weighted by Crippen LogP contribution is -2.17. The third kappa shape index (κ3) is 3.57. The maximum atomic E-state index is 13.7. The molecule has 3 aromatic rings. The summed E-state index contributed by atoms with van der Waals surface area (Å²) >= 11 is 0. The van der Waals surface area contributed by atoms with Gasteiger partial charge in [0.15, 0.2) is 12.4 Å². The normalized spacial score (nSPS) is 10.7. The summed E-state index contributed by atoms with van der Waals surface area (Å²) in [7, 11) is 3.48. The van der Waals surface area contributed by atoms with Crippen molar-refractivity contribution in [3.63, 3.8) is 0 Å². The zero-order valence-corrected chi connectivity index (χ0v) is 13.5. The highest BCUT2D eigenvalue weighted by Gasteiger charge is 2.16. The fourth-order valence-electron chi connectivity index (χ4n) is 2.09. The summed E-state index contributed by atoms with van der Waals surface area (Å²) in [6.45, 7) is -0.245. The molecule has 0 amide bonds.